The zero-order chi connectivity index (χ0) is 38.7. The van der Waals surface area contributed by atoms with Gasteiger partial charge in [-0.05, 0) is 48.6 Å². The Morgan fingerprint density at radius 3 is 2.41 bits per heavy atom. The highest BCUT2D eigenvalue weighted by Crippen LogP contribution is 2.65. The van der Waals surface area contributed by atoms with Crippen molar-refractivity contribution in [2.75, 3.05) is 25.2 Å². The topological polar surface area (TPSA) is 166 Å². The van der Waals surface area contributed by atoms with Gasteiger partial charge >= 0.3 is 12.1 Å². The normalized spacial score (nSPS) is 26.3. The van der Waals surface area contributed by atoms with Crippen molar-refractivity contribution in [3.05, 3.63) is 99.2 Å². The number of halogens is 5. The number of rotatable bonds is 10. The predicted octanol–water partition coefficient (Wildman–Crippen LogP) is 5.24. The maximum atomic E-state index is 15.3. The molecule has 54 heavy (non-hydrogen) atoms. The largest absolute Gasteiger partial charge is 0.491 e. The molecule has 2 aliphatic carbocycles. The summed E-state index contributed by atoms with van der Waals surface area (Å²) in [7, 11) is 0. The van der Waals surface area contributed by atoms with Crippen molar-refractivity contribution in [2.45, 2.75) is 36.8 Å². The van der Waals surface area contributed by atoms with E-state index < -0.39 is 93.6 Å². The third kappa shape index (κ3) is 5.98. The van der Waals surface area contributed by atoms with Gasteiger partial charge in [-0.25, -0.2) is 4.98 Å². The van der Waals surface area contributed by atoms with E-state index in [0.29, 0.717) is 39.0 Å². The highest BCUT2D eigenvalue weighted by molar-refractivity contribution is 6.33. The third-order valence-electron chi connectivity index (χ3n) is 10.8. The Morgan fingerprint density at radius 1 is 1.02 bits per heavy atom. The minimum absolute atomic E-state index is 0.0807. The maximum Gasteiger partial charge on any atom is 0.417 e. The fraction of sp³-hybridized carbons (Fsp3) is 0.351. The van der Waals surface area contributed by atoms with Gasteiger partial charge in [-0.1, -0.05) is 65.2 Å². The Hall–Kier alpha value is -4.99. The Bertz CT molecular complexity index is 2100. The summed E-state index contributed by atoms with van der Waals surface area (Å²) in [6.07, 6.45) is -2.97. The number of aromatic nitrogens is 1. The summed E-state index contributed by atoms with van der Waals surface area (Å²) in [5, 5.41) is 19.5. The number of aliphatic hydroxyl groups is 1. The fourth-order valence-corrected chi connectivity index (χ4v) is 8.96. The van der Waals surface area contributed by atoms with Crippen molar-refractivity contribution in [3.63, 3.8) is 0 Å². The van der Waals surface area contributed by atoms with Crippen LogP contribution in [0.3, 0.4) is 0 Å². The van der Waals surface area contributed by atoms with Crippen LogP contribution in [0.1, 0.15) is 41.9 Å². The molecule has 0 unspecified atom stereocenters. The smallest absolute Gasteiger partial charge is 0.417 e. The molecule has 2 aliphatic heterocycles. The number of alkyl halides is 3. The second-order valence-corrected chi connectivity index (χ2v) is 14.3. The second-order valence-electron chi connectivity index (χ2n) is 13.5. The van der Waals surface area contributed by atoms with Crippen LogP contribution in [-0.4, -0.2) is 74.5 Å². The first-order chi connectivity index (χ1) is 25.7. The maximum absolute atomic E-state index is 15.3. The summed E-state index contributed by atoms with van der Waals surface area (Å²) < 4.78 is 46.3. The number of carbonyl (C=O) groups is 5. The van der Waals surface area contributed by atoms with Gasteiger partial charge in [0.25, 0.3) is 11.8 Å². The number of amides is 4. The van der Waals surface area contributed by atoms with Crippen molar-refractivity contribution in [3.8, 4) is 5.75 Å². The SMILES string of the molecule is O=C(O)CCN1C(=O)[C@H]2[C@H](CC=C3[C@H]2C[C@H]2C(=O)N(Nc4ncc(C(F)(F)F)cc4Cl)C(=O)[C@@]2(c2ccc(Cl)cc2)[C@H]3c2ccccc2OCCO)C1=O. The average molecular weight is 788 g/mol. The quantitative estimate of drug-likeness (QED) is 0.183. The number of aliphatic carboxylic acids is 1. The standard InChI is InChI=1S/C37H31Cl2F3N4O8/c38-20-7-5-18(6-8-20)36-25(33(51)46(35(36)53)44-31-26(39)15-19(17-43-31)37(40,41)42)16-24-21(30(36)22-3-1-2-4-27(22)54-14-13-47)9-10-23-29(24)34(52)45(32(23)50)12-11-28(48)49/h1-9,15,17,23-25,29-30,47H,10-14,16H2,(H,43,44)(H,48,49)/t23-,24+,25-,29-,30+,36+/m0/s1. The number of pyridine rings is 1. The number of allylic oxidation sites excluding steroid dienone is 2. The highest BCUT2D eigenvalue weighted by atomic mass is 35.5. The zero-order valence-corrected chi connectivity index (χ0v) is 29.6. The summed E-state index contributed by atoms with van der Waals surface area (Å²) in [4.78, 5) is 73.9. The van der Waals surface area contributed by atoms with Crippen LogP contribution in [0.4, 0.5) is 19.0 Å². The van der Waals surface area contributed by atoms with Crippen molar-refractivity contribution in [1.29, 1.82) is 0 Å². The first kappa shape index (κ1) is 37.3. The number of nitrogens with zero attached hydrogens (tertiary/aromatic N) is 3. The number of hydrazine groups is 1. The summed E-state index contributed by atoms with van der Waals surface area (Å²) >= 11 is 12.5. The fourth-order valence-electron chi connectivity index (χ4n) is 8.63. The van der Waals surface area contributed by atoms with Gasteiger partial charge < -0.3 is 14.9 Å². The molecule has 0 spiro atoms. The van der Waals surface area contributed by atoms with E-state index in [1.54, 1.807) is 54.6 Å². The molecule has 3 aromatic rings. The van der Waals surface area contributed by atoms with Crippen LogP contribution < -0.4 is 10.2 Å². The Labute approximate surface area is 315 Å². The molecular weight excluding hydrogens is 756 g/mol. The first-order valence-corrected chi connectivity index (χ1v) is 17.7. The molecule has 1 saturated carbocycles. The van der Waals surface area contributed by atoms with Crippen LogP contribution >= 0.6 is 23.2 Å². The van der Waals surface area contributed by atoms with Crippen LogP contribution in [0.5, 0.6) is 5.75 Å². The van der Waals surface area contributed by atoms with Crippen LogP contribution in [0, 0.1) is 23.7 Å². The number of para-hydroxylation sites is 1. The number of carbonyl (C=O) groups excluding carboxylic acids is 4. The molecule has 12 nitrogen and oxygen atoms in total. The number of anilines is 1. The number of fused-ring (bicyclic) bond motifs is 4. The number of likely N-dealkylation sites (tertiary alicyclic amines) is 1. The van der Waals surface area contributed by atoms with Crippen molar-refractivity contribution in [2.24, 2.45) is 23.7 Å². The Kier molecular flexibility index (Phi) is 9.69. The van der Waals surface area contributed by atoms with E-state index >= 15 is 4.79 Å². The number of carboxylic acid groups (broad SMARTS) is 1. The number of benzene rings is 2. The number of aliphatic hydroxyl groups excluding tert-OH is 1. The first-order valence-electron chi connectivity index (χ1n) is 16.9. The van der Waals surface area contributed by atoms with E-state index in [1.165, 1.54) is 0 Å². The second kappa shape index (κ2) is 14.0. The van der Waals surface area contributed by atoms with Gasteiger partial charge in [-0.15, -0.1) is 0 Å². The molecule has 3 N–H and O–H groups in total. The summed E-state index contributed by atoms with van der Waals surface area (Å²) in [5.41, 5.74) is 0.975. The van der Waals surface area contributed by atoms with Gasteiger partial charge in [-0.2, -0.15) is 18.2 Å². The van der Waals surface area contributed by atoms with Gasteiger partial charge in [0.05, 0.1) is 46.8 Å². The average Bonchev–Trinajstić information content (AvgIpc) is 3.50. The van der Waals surface area contributed by atoms with Crippen LogP contribution in [0.2, 0.25) is 10.0 Å². The van der Waals surface area contributed by atoms with Crippen molar-refractivity contribution < 1.29 is 52.1 Å². The molecule has 1 aromatic heterocycles. The van der Waals surface area contributed by atoms with E-state index in [1.807, 2.05) is 0 Å². The summed E-state index contributed by atoms with van der Waals surface area (Å²) in [6, 6.07) is 13.6. The number of carboxylic acids is 1. The van der Waals surface area contributed by atoms with E-state index in [9.17, 15) is 42.6 Å². The van der Waals surface area contributed by atoms with Crippen LogP contribution in [0.25, 0.3) is 0 Å². The van der Waals surface area contributed by atoms with E-state index in [-0.39, 0.29) is 38.3 Å². The lowest BCUT2D eigenvalue weighted by atomic mass is 9.49. The zero-order valence-electron chi connectivity index (χ0n) is 28.1. The van der Waals surface area contributed by atoms with Crippen molar-refractivity contribution >= 4 is 58.6 Å². The molecule has 282 valence electrons. The third-order valence-corrected chi connectivity index (χ3v) is 11.3. The molecule has 4 amide bonds. The van der Waals surface area contributed by atoms with Crippen molar-refractivity contribution in [1.82, 2.24) is 14.9 Å². The molecule has 0 bridgehead atoms. The number of hydrogen-bond donors (Lipinski definition) is 3. The Morgan fingerprint density at radius 2 is 1.74 bits per heavy atom. The monoisotopic (exact) mass is 786 g/mol. The van der Waals surface area contributed by atoms with Gasteiger partial charge in [0.1, 0.15) is 12.4 Å². The molecule has 3 heterocycles. The molecule has 7 rings (SSSR count). The molecule has 0 radical (unpaired) electrons. The molecule has 2 saturated heterocycles. The highest BCUT2D eigenvalue weighted by Gasteiger charge is 2.70. The number of ether oxygens (including phenoxy) is 1. The number of imide groups is 2. The van der Waals surface area contributed by atoms with Crippen LogP contribution in [-0.2, 0) is 35.6 Å². The molecule has 17 heteroatoms. The minimum atomic E-state index is -4.77. The van der Waals surface area contributed by atoms with E-state index in [4.69, 9.17) is 27.9 Å². The van der Waals surface area contributed by atoms with Gasteiger partial charge in [0, 0.05) is 29.2 Å². The van der Waals surface area contributed by atoms with Crippen LogP contribution in [0.15, 0.2) is 72.4 Å². The lowest BCUT2D eigenvalue weighted by Gasteiger charge is -2.50. The van der Waals surface area contributed by atoms with E-state index in [0.717, 1.165) is 4.90 Å². The molecule has 6 atom stereocenters. The molecule has 3 fully saturated rings. The van der Waals surface area contributed by atoms with Gasteiger partial charge in [0.2, 0.25) is 11.8 Å². The number of hydrogen-bond acceptors (Lipinski definition) is 9. The molecular formula is C37H31Cl2F3N4O8. The van der Waals surface area contributed by atoms with Gasteiger partial charge in [-0.3, -0.25) is 34.3 Å². The summed E-state index contributed by atoms with van der Waals surface area (Å²) in [6.45, 7) is -0.812. The molecule has 4 aliphatic rings. The molecule has 2 aromatic carbocycles. The lowest BCUT2D eigenvalue weighted by molar-refractivity contribution is -0.143. The predicted molar refractivity (Wildman–Crippen MR) is 185 cm³/mol. The number of nitrogens with one attached hydrogen (secondary N) is 1. The Balaban J connectivity index is 1.43. The summed E-state index contributed by atoms with van der Waals surface area (Å²) in [5.74, 6) is -8.97. The minimum Gasteiger partial charge on any atom is -0.491 e. The lowest BCUT2D eigenvalue weighted by Crippen LogP contribution is -2.53. The van der Waals surface area contributed by atoms with Gasteiger partial charge in [0.15, 0.2) is 5.82 Å². The van der Waals surface area contributed by atoms with E-state index in [2.05, 4.69) is 10.4 Å².